The van der Waals surface area contributed by atoms with E-state index in [2.05, 4.69) is 32.5 Å². The Balaban J connectivity index is 1.29. The standard InChI is InChI=1S/C31H32N6O4/c1-35-12-14-36(15-13-35)19-26(38)37-11-10-21-16-23(18-32-29(21)37)33-28(20-6-4-3-5-7-20)27-24-9-8-22(31(40)41-2)17-25(24)34-30(27)39/h3-9,16-18,33H,10-15,19H2,1-2H3,(H,34,39)/b28-27-. The van der Waals surface area contributed by atoms with Crippen molar-refractivity contribution < 1.29 is 19.1 Å². The summed E-state index contributed by atoms with van der Waals surface area (Å²) in [6, 6.07) is 16.6. The molecule has 10 heteroatoms. The zero-order valence-electron chi connectivity index (χ0n) is 23.1. The molecule has 0 radical (unpaired) electrons. The minimum absolute atomic E-state index is 0.0687. The van der Waals surface area contributed by atoms with Crippen molar-refractivity contribution in [2.75, 3.05) is 69.0 Å². The predicted octanol–water partition coefficient (Wildman–Crippen LogP) is 2.94. The van der Waals surface area contributed by atoms with Gasteiger partial charge >= 0.3 is 5.97 Å². The van der Waals surface area contributed by atoms with E-state index in [4.69, 9.17) is 4.74 Å². The van der Waals surface area contributed by atoms with E-state index in [9.17, 15) is 14.4 Å². The molecule has 0 atom stereocenters. The largest absolute Gasteiger partial charge is 0.465 e. The Labute approximate surface area is 238 Å². The van der Waals surface area contributed by atoms with Gasteiger partial charge in [-0.05, 0) is 42.8 Å². The number of nitrogens with one attached hydrogen (secondary N) is 2. The molecular formula is C31H32N6O4. The molecule has 0 aliphatic carbocycles. The highest BCUT2D eigenvalue weighted by molar-refractivity contribution is 6.37. The number of carbonyl (C=O) groups is 3. The number of carbonyl (C=O) groups excluding carboxylic acids is 3. The third-order valence-electron chi connectivity index (χ3n) is 7.83. The Morgan fingerprint density at radius 2 is 1.78 bits per heavy atom. The normalized spacial score (nSPS) is 18.0. The molecule has 0 spiro atoms. The summed E-state index contributed by atoms with van der Waals surface area (Å²) in [5.74, 6) is 0.0198. The summed E-state index contributed by atoms with van der Waals surface area (Å²) in [5.41, 5.74) is 5.20. The molecule has 41 heavy (non-hydrogen) atoms. The average molecular weight is 553 g/mol. The van der Waals surface area contributed by atoms with Crippen LogP contribution in [0.3, 0.4) is 0 Å². The van der Waals surface area contributed by atoms with Crippen LogP contribution in [0.2, 0.25) is 0 Å². The molecule has 2 aromatic carbocycles. The summed E-state index contributed by atoms with van der Waals surface area (Å²) >= 11 is 0. The van der Waals surface area contributed by atoms with E-state index < -0.39 is 5.97 Å². The number of esters is 1. The number of rotatable bonds is 6. The Hall–Kier alpha value is -4.54. The molecule has 1 aromatic heterocycles. The van der Waals surface area contributed by atoms with Crippen molar-refractivity contribution in [1.29, 1.82) is 0 Å². The van der Waals surface area contributed by atoms with Gasteiger partial charge in [-0.1, -0.05) is 36.4 Å². The number of methoxy groups -OCH3 is 1. The molecule has 1 fully saturated rings. The highest BCUT2D eigenvalue weighted by atomic mass is 16.5. The van der Waals surface area contributed by atoms with Crippen LogP contribution in [0.5, 0.6) is 0 Å². The van der Waals surface area contributed by atoms with Gasteiger partial charge in [0, 0.05) is 38.3 Å². The second kappa shape index (κ2) is 11.1. The number of likely N-dealkylation sites (N-methyl/N-ethyl adjacent to an activating group) is 1. The van der Waals surface area contributed by atoms with Crippen LogP contribution in [0, 0.1) is 0 Å². The van der Waals surface area contributed by atoms with E-state index in [1.54, 1.807) is 29.3 Å². The maximum absolute atomic E-state index is 13.3. The van der Waals surface area contributed by atoms with Crippen molar-refractivity contribution in [2.45, 2.75) is 6.42 Å². The van der Waals surface area contributed by atoms with Crippen LogP contribution in [0.4, 0.5) is 17.2 Å². The highest BCUT2D eigenvalue weighted by Crippen LogP contribution is 2.38. The molecular weight excluding hydrogens is 520 g/mol. The number of piperazine rings is 1. The van der Waals surface area contributed by atoms with Crippen molar-refractivity contribution >= 4 is 46.2 Å². The number of aromatic nitrogens is 1. The van der Waals surface area contributed by atoms with Gasteiger partial charge in [0.05, 0.1) is 48.1 Å². The first-order valence-corrected chi connectivity index (χ1v) is 13.7. The number of nitrogens with zero attached hydrogens (tertiary/aromatic N) is 4. The summed E-state index contributed by atoms with van der Waals surface area (Å²) in [6.07, 6.45) is 2.42. The van der Waals surface area contributed by atoms with Gasteiger partial charge in [-0.25, -0.2) is 9.78 Å². The van der Waals surface area contributed by atoms with Crippen molar-refractivity contribution in [3.8, 4) is 0 Å². The van der Waals surface area contributed by atoms with E-state index in [0.717, 1.165) is 43.0 Å². The first kappa shape index (κ1) is 26.7. The Kier molecular flexibility index (Phi) is 7.25. The summed E-state index contributed by atoms with van der Waals surface area (Å²) in [4.78, 5) is 49.4. The fourth-order valence-electron chi connectivity index (χ4n) is 5.56. The topological polar surface area (TPSA) is 107 Å². The van der Waals surface area contributed by atoms with E-state index in [-0.39, 0.29) is 11.8 Å². The van der Waals surface area contributed by atoms with Crippen LogP contribution in [-0.2, 0) is 20.7 Å². The minimum atomic E-state index is -0.471. The molecule has 1 saturated heterocycles. The number of fused-ring (bicyclic) bond motifs is 2. The summed E-state index contributed by atoms with van der Waals surface area (Å²) in [5, 5.41) is 6.34. The SMILES string of the molecule is COC(=O)c1ccc2c(c1)NC(=O)/C2=C(\Nc1cnc2c(c1)CCN2C(=O)CN1CCN(C)CC1)c1ccccc1. The Morgan fingerprint density at radius 1 is 1.00 bits per heavy atom. The van der Waals surface area contributed by atoms with Gasteiger partial charge in [0.15, 0.2) is 0 Å². The van der Waals surface area contributed by atoms with Crippen molar-refractivity contribution in [3.63, 3.8) is 0 Å². The van der Waals surface area contributed by atoms with Crippen LogP contribution in [0.1, 0.15) is 27.0 Å². The summed E-state index contributed by atoms with van der Waals surface area (Å²) < 4.78 is 4.83. The number of hydrogen-bond acceptors (Lipinski definition) is 8. The lowest BCUT2D eigenvalue weighted by atomic mass is 9.99. The molecule has 0 bridgehead atoms. The van der Waals surface area contributed by atoms with Crippen LogP contribution >= 0.6 is 0 Å². The lowest BCUT2D eigenvalue weighted by Crippen LogP contribution is -2.48. The smallest absolute Gasteiger partial charge is 0.337 e. The minimum Gasteiger partial charge on any atom is -0.465 e. The maximum Gasteiger partial charge on any atom is 0.337 e. The van der Waals surface area contributed by atoms with Crippen LogP contribution in [0.25, 0.3) is 11.3 Å². The summed E-state index contributed by atoms with van der Waals surface area (Å²) in [7, 11) is 3.42. The van der Waals surface area contributed by atoms with Gasteiger partial charge in [0.2, 0.25) is 5.91 Å². The van der Waals surface area contributed by atoms with Crippen LogP contribution in [-0.4, -0.2) is 86.0 Å². The number of benzene rings is 2. The van der Waals surface area contributed by atoms with Gasteiger partial charge in [0.25, 0.3) is 5.91 Å². The lowest BCUT2D eigenvalue weighted by molar-refractivity contribution is -0.120. The van der Waals surface area contributed by atoms with E-state index in [1.807, 2.05) is 36.4 Å². The molecule has 2 N–H and O–H groups in total. The number of anilines is 3. The molecule has 3 aromatic rings. The van der Waals surface area contributed by atoms with Gasteiger partial charge in [-0.3, -0.25) is 19.4 Å². The van der Waals surface area contributed by atoms with Gasteiger partial charge in [0.1, 0.15) is 5.82 Å². The van der Waals surface area contributed by atoms with E-state index >= 15 is 0 Å². The number of amides is 2. The lowest BCUT2D eigenvalue weighted by Gasteiger charge is -2.32. The molecule has 6 rings (SSSR count). The van der Waals surface area contributed by atoms with E-state index in [0.29, 0.717) is 53.4 Å². The molecule has 3 aliphatic rings. The van der Waals surface area contributed by atoms with Crippen LogP contribution < -0.4 is 15.5 Å². The van der Waals surface area contributed by atoms with Crippen molar-refractivity contribution in [2.24, 2.45) is 0 Å². The average Bonchev–Trinajstić information content (AvgIpc) is 3.56. The third kappa shape index (κ3) is 5.31. The monoisotopic (exact) mass is 552 g/mol. The first-order valence-electron chi connectivity index (χ1n) is 13.7. The zero-order chi connectivity index (χ0) is 28.5. The molecule has 3 aliphatic heterocycles. The molecule has 0 unspecified atom stereocenters. The van der Waals surface area contributed by atoms with Gasteiger partial charge in [-0.2, -0.15) is 0 Å². The fraction of sp³-hybridized carbons (Fsp3) is 0.290. The second-order valence-electron chi connectivity index (χ2n) is 10.5. The fourth-order valence-corrected chi connectivity index (χ4v) is 5.56. The highest BCUT2D eigenvalue weighted by Gasteiger charge is 2.31. The summed E-state index contributed by atoms with van der Waals surface area (Å²) in [6.45, 7) is 4.69. The molecule has 210 valence electrons. The van der Waals surface area contributed by atoms with Crippen LogP contribution in [0.15, 0.2) is 60.8 Å². The molecule has 4 heterocycles. The molecule has 0 saturated carbocycles. The van der Waals surface area contributed by atoms with Gasteiger partial charge < -0.3 is 20.3 Å². The number of hydrogen-bond donors (Lipinski definition) is 2. The zero-order valence-corrected chi connectivity index (χ0v) is 23.1. The second-order valence-corrected chi connectivity index (χ2v) is 10.5. The molecule has 10 nitrogen and oxygen atoms in total. The van der Waals surface area contributed by atoms with Crippen molar-refractivity contribution in [3.05, 3.63) is 83.0 Å². The first-order chi connectivity index (χ1) is 19.9. The number of ether oxygens (including phenoxy) is 1. The quantitative estimate of drug-likeness (QED) is 0.355. The van der Waals surface area contributed by atoms with E-state index in [1.165, 1.54) is 7.11 Å². The Bertz CT molecular complexity index is 1550. The number of pyridine rings is 1. The third-order valence-corrected chi connectivity index (χ3v) is 7.83. The van der Waals surface area contributed by atoms with Gasteiger partial charge in [-0.15, -0.1) is 0 Å². The Morgan fingerprint density at radius 3 is 2.54 bits per heavy atom. The molecule has 2 amide bonds. The maximum atomic E-state index is 13.3. The predicted molar refractivity (Wildman–Crippen MR) is 158 cm³/mol. The van der Waals surface area contributed by atoms with Crippen molar-refractivity contribution in [1.82, 2.24) is 14.8 Å².